The Morgan fingerprint density at radius 2 is 2.09 bits per heavy atom. The van der Waals surface area contributed by atoms with E-state index in [1.807, 2.05) is 16.7 Å². The zero-order valence-corrected chi connectivity index (χ0v) is 14.6. The molecule has 0 atom stereocenters. The number of nitrogens with zero attached hydrogens (tertiary/aromatic N) is 1. The summed E-state index contributed by atoms with van der Waals surface area (Å²) in [7, 11) is 0. The predicted octanol–water partition coefficient (Wildman–Crippen LogP) is 4.57. The molecule has 0 spiro atoms. The maximum absolute atomic E-state index is 13.1. The number of halogens is 2. The highest BCUT2D eigenvalue weighted by Crippen LogP contribution is 2.33. The maximum atomic E-state index is 13.1. The zero-order chi connectivity index (χ0) is 16.4. The van der Waals surface area contributed by atoms with E-state index in [0.717, 1.165) is 19.6 Å². The van der Waals surface area contributed by atoms with E-state index in [9.17, 15) is 9.18 Å². The van der Waals surface area contributed by atoms with Crippen LogP contribution in [0.5, 0.6) is 0 Å². The fourth-order valence-corrected chi connectivity index (χ4v) is 3.96. The molecule has 3 rings (SSSR count). The normalized spacial score (nSPS) is 10.9. The summed E-state index contributed by atoms with van der Waals surface area (Å²) in [5.74, 6) is -0.417. The van der Waals surface area contributed by atoms with Gasteiger partial charge in [0.05, 0.1) is 14.0 Å². The largest absolute Gasteiger partial charge is 0.347 e. The molecular formula is C17H14BrFN2OS. The van der Waals surface area contributed by atoms with Gasteiger partial charge in [-0.3, -0.25) is 4.79 Å². The third kappa shape index (κ3) is 3.38. The highest BCUT2D eigenvalue weighted by molar-refractivity contribution is 9.11. The van der Waals surface area contributed by atoms with Crippen molar-refractivity contribution in [3.8, 4) is 0 Å². The number of nitrogens with one attached hydrogen (secondary N) is 1. The summed E-state index contributed by atoms with van der Waals surface area (Å²) in [6.07, 6.45) is 1.64. The van der Waals surface area contributed by atoms with Crippen molar-refractivity contribution in [3.63, 3.8) is 0 Å². The standard InChI is InChI=1S/C17H14BrFN2OS/c1-2-7-20-17(22)14-8-15-13(9-16(18)23-15)21(14)10-11-3-5-12(19)6-4-11/h2-6,8-9H,1,7,10H2,(H,20,22). The Morgan fingerprint density at radius 3 is 2.78 bits per heavy atom. The molecule has 3 aromatic rings. The van der Waals surface area contributed by atoms with Crippen LogP contribution in [0.3, 0.4) is 0 Å². The molecule has 6 heteroatoms. The van der Waals surface area contributed by atoms with Crippen molar-refractivity contribution in [2.24, 2.45) is 0 Å². The van der Waals surface area contributed by atoms with Crippen LogP contribution in [0.4, 0.5) is 4.39 Å². The van der Waals surface area contributed by atoms with Crippen molar-refractivity contribution >= 4 is 43.4 Å². The Hall–Kier alpha value is -1.92. The lowest BCUT2D eigenvalue weighted by molar-refractivity contribution is 0.0949. The third-order valence-corrected chi connectivity index (χ3v) is 5.03. The number of aromatic nitrogens is 1. The first-order valence-corrected chi connectivity index (χ1v) is 8.61. The number of carbonyl (C=O) groups excluding carboxylic acids is 1. The summed E-state index contributed by atoms with van der Waals surface area (Å²) >= 11 is 5.06. The second kappa shape index (κ2) is 6.68. The van der Waals surface area contributed by atoms with Gasteiger partial charge in [-0.2, -0.15) is 0 Å². The first-order chi connectivity index (χ1) is 11.1. The Balaban J connectivity index is 2.02. The van der Waals surface area contributed by atoms with Crippen LogP contribution < -0.4 is 5.32 Å². The summed E-state index contributed by atoms with van der Waals surface area (Å²) < 4.78 is 17.1. The summed E-state index contributed by atoms with van der Waals surface area (Å²) in [6, 6.07) is 10.2. The molecule has 0 bridgehead atoms. The van der Waals surface area contributed by atoms with Crippen LogP contribution in [0, 0.1) is 5.82 Å². The van der Waals surface area contributed by atoms with Crippen LogP contribution in [0.25, 0.3) is 10.2 Å². The lowest BCUT2D eigenvalue weighted by Gasteiger charge is -2.10. The molecule has 0 radical (unpaired) electrons. The van der Waals surface area contributed by atoms with Crippen molar-refractivity contribution in [3.05, 3.63) is 69.9 Å². The van der Waals surface area contributed by atoms with E-state index in [4.69, 9.17) is 0 Å². The van der Waals surface area contributed by atoms with E-state index in [1.54, 1.807) is 29.5 Å². The summed E-state index contributed by atoms with van der Waals surface area (Å²) in [4.78, 5) is 12.4. The molecule has 0 fully saturated rings. The van der Waals surface area contributed by atoms with Gasteiger partial charge in [0.25, 0.3) is 5.91 Å². The molecule has 118 valence electrons. The topological polar surface area (TPSA) is 34.0 Å². The summed E-state index contributed by atoms with van der Waals surface area (Å²) in [5, 5.41) is 2.80. The van der Waals surface area contributed by atoms with Crippen molar-refractivity contribution in [2.75, 3.05) is 6.54 Å². The number of carbonyl (C=O) groups is 1. The minimum Gasteiger partial charge on any atom is -0.347 e. The molecule has 23 heavy (non-hydrogen) atoms. The smallest absolute Gasteiger partial charge is 0.268 e. The summed E-state index contributed by atoms with van der Waals surface area (Å²) in [5.41, 5.74) is 2.50. The van der Waals surface area contributed by atoms with Crippen LogP contribution in [0.2, 0.25) is 0 Å². The van der Waals surface area contributed by atoms with Gasteiger partial charge in [0.1, 0.15) is 11.5 Å². The van der Waals surface area contributed by atoms with Gasteiger partial charge in [0, 0.05) is 13.1 Å². The third-order valence-electron chi connectivity index (χ3n) is 3.45. The van der Waals surface area contributed by atoms with Gasteiger partial charge in [-0.05, 0) is 45.8 Å². The molecule has 1 amide bonds. The van der Waals surface area contributed by atoms with E-state index in [1.165, 1.54) is 12.1 Å². The highest BCUT2D eigenvalue weighted by Gasteiger charge is 2.17. The van der Waals surface area contributed by atoms with Gasteiger partial charge in [-0.1, -0.05) is 18.2 Å². The number of hydrogen-bond donors (Lipinski definition) is 1. The lowest BCUT2D eigenvalue weighted by Crippen LogP contribution is -2.26. The number of benzene rings is 1. The van der Waals surface area contributed by atoms with Crippen molar-refractivity contribution in [1.29, 1.82) is 0 Å². The van der Waals surface area contributed by atoms with Gasteiger partial charge in [0.15, 0.2) is 0 Å². The average Bonchev–Trinajstić information content (AvgIpc) is 3.04. The van der Waals surface area contributed by atoms with E-state index >= 15 is 0 Å². The van der Waals surface area contributed by atoms with Gasteiger partial charge in [-0.15, -0.1) is 17.9 Å². The monoisotopic (exact) mass is 392 g/mol. The zero-order valence-electron chi connectivity index (χ0n) is 12.2. The fraction of sp³-hybridized carbons (Fsp3) is 0.118. The molecule has 0 aliphatic carbocycles. The summed E-state index contributed by atoms with van der Waals surface area (Å²) in [6.45, 7) is 4.53. The van der Waals surface area contributed by atoms with Crippen LogP contribution in [-0.2, 0) is 6.54 Å². The highest BCUT2D eigenvalue weighted by atomic mass is 79.9. The molecule has 0 unspecified atom stereocenters. The minimum absolute atomic E-state index is 0.147. The number of fused-ring (bicyclic) bond motifs is 1. The van der Waals surface area contributed by atoms with Gasteiger partial charge in [-0.25, -0.2) is 4.39 Å². The first-order valence-electron chi connectivity index (χ1n) is 7.00. The Labute approximate surface area is 145 Å². The first kappa shape index (κ1) is 16.0. The van der Waals surface area contributed by atoms with Gasteiger partial charge in [0.2, 0.25) is 0 Å². The van der Waals surface area contributed by atoms with E-state index in [-0.39, 0.29) is 11.7 Å². The van der Waals surface area contributed by atoms with Gasteiger partial charge < -0.3 is 9.88 Å². The number of amides is 1. The number of thiophene rings is 1. The minimum atomic E-state index is -0.270. The Bertz CT molecular complexity index is 867. The van der Waals surface area contributed by atoms with Crippen LogP contribution in [0.15, 0.2) is 52.8 Å². The molecule has 2 heterocycles. The molecule has 1 N–H and O–H groups in total. The molecule has 3 nitrogen and oxygen atoms in total. The van der Waals surface area contributed by atoms with E-state index in [0.29, 0.717) is 18.8 Å². The quantitative estimate of drug-likeness (QED) is 0.634. The van der Waals surface area contributed by atoms with Crippen LogP contribution in [0.1, 0.15) is 16.1 Å². The van der Waals surface area contributed by atoms with Crippen LogP contribution in [-0.4, -0.2) is 17.0 Å². The number of rotatable bonds is 5. The van der Waals surface area contributed by atoms with Crippen LogP contribution >= 0.6 is 27.3 Å². The van der Waals surface area contributed by atoms with Gasteiger partial charge >= 0.3 is 0 Å². The van der Waals surface area contributed by atoms with E-state index < -0.39 is 0 Å². The van der Waals surface area contributed by atoms with E-state index in [2.05, 4.69) is 27.8 Å². The second-order valence-corrected chi connectivity index (χ2v) is 7.50. The predicted molar refractivity (Wildman–Crippen MR) is 95.5 cm³/mol. The molecule has 0 saturated heterocycles. The average molecular weight is 393 g/mol. The Morgan fingerprint density at radius 1 is 1.35 bits per heavy atom. The SMILES string of the molecule is C=CCNC(=O)c1cc2sc(Br)cc2n1Cc1ccc(F)cc1. The van der Waals surface area contributed by atoms with Crippen molar-refractivity contribution in [1.82, 2.24) is 9.88 Å². The van der Waals surface area contributed by atoms with Crippen molar-refractivity contribution in [2.45, 2.75) is 6.54 Å². The molecule has 0 saturated carbocycles. The molecule has 0 aliphatic rings. The molecule has 0 aliphatic heterocycles. The Kier molecular flexibility index (Phi) is 4.63. The molecule has 2 aromatic heterocycles. The lowest BCUT2D eigenvalue weighted by atomic mass is 10.2. The molecular weight excluding hydrogens is 379 g/mol. The fourth-order valence-electron chi connectivity index (χ4n) is 2.40. The van der Waals surface area contributed by atoms with Crippen molar-refractivity contribution < 1.29 is 9.18 Å². The maximum Gasteiger partial charge on any atom is 0.268 e. The molecule has 1 aromatic carbocycles. The second-order valence-electron chi connectivity index (χ2n) is 5.04. The number of hydrogen-bond acceptors (Lipinski definition) is 2.